The summed E-state index contributed by atoms with van der Waals surface area (Å²) in [4.78, 5) is 11.1. The zero-order valence-electron chi connectivity index (χ0n) is 8.46. The number of hydrogen-bond acceptors (Lipinski definition) is 2. The molecule has 0 aliphatic heterocycles. The summed E-state index contributed by atoms with van der Waals surface area (Å²) in [6.07, 6.45) is -2.58. The second kappa shape index (κ2) is 3.63. The maximum Gasteiger partial charge on any atom is 0.436 e. The molecule has 0 amide bonds. The van der Waals surface area contributed by atoms with Gasteiger partial charge in [0.1, 0.15) is 0 Å². The summed E-state index contributed by atoms with van der Waals surface area (Å²) in [5.74, 6) is -1.18. The molecule has 1 N–H and O–H groups in total. The molecule has 1 aromatic heterocycles. The van der Waals surface area contributed by atoms with Gasteiger partial charge in [0.05, 0.1) is 5.02 Å². The predicted octanol–water partition coefficient (Wildman–Crippen LogP) is 2.52. The summed E-state index contributed by atoms with van der Waals surface area (Å²) in [7, 11) is 0. The minimum absolute atomic E-state index is 0.262. The zero-order chi connectivity index (χ0) is 12.8. The third kappa shape index (κ3) is 1.78. The van der Waals surface area contributed by atoms with Gasteiger partial charge >= 0.3 is 12.1 Å². The molecule has 8 heteroatoms. The second-order valence-electron chi connectivity index (χ2n) is 3.96. The van der Waals surface area contributed by atoms with Crippen LogP contribution in [0.4, 0.5) is 13.2 Å². The van der Waals surface area contributed by atoms with Gasteiger partial charge in [-0.3, -0.25) is 4.68 Å². The van der Waals surface area contributed by atoms with Gasteiger partial charge in [0.15, 0.2) is 11.2 Å². The molecule has 1 aliphatic carbocycles. The Hall–Kier alpha value is -1.24. The van der Waals surface area contributed by atoms with Crippen LogP contribution >= 0.6 is 11.6 Å². The summed E-state index contributed by atoms with van der Waals surface area (Å²) in [6.45, 7) is 0. The molecule has 0 spiro atoms. The Morgan fingerprint density at radius 3 is 2.41 bits per heavy atom. The Morgan fingerprint density at radius 1 is 1.53 bits per heavy atom. The van der Waals surface area contributed by atoms with Gasteiger partial charge in [-0.1, -0.05) is 11.6 Å². The molecule has 0 saturated heterocycles. The first-order valence-electron chi connectivity index (χ1n) is 4.83. The van der Waals surface area contributed by atoms with Crippen LogP contribution in [0.25, 0.3) is 0 Å². The smallest absolute Gasteiger partial charge is 0.436 e. The molecule has 1 heterocycles. The number of alkyl halides is 3. The normalized spacial score (nSPS) is 18.8. The maximum atomic E-state index is 12.5. The van der Waals surface area contributed by atoms with Crippen molar-refractivity contribution < 1.29 is 23.1 Å². The van der Waals surface area contributed by atoms with Crippen molar-refractivity contribution in [1.29, 1.82) is 0 Å². The van der Waals surface area contributed by atoms with Gasteiger partial charge in [-0.05, 0) is 19.3 Å². The molecule has 17 heavy (non-hydrogen) atoms. The number of carboxylic acids is 1. The lowest BCUT2D eigenvalue weighted by atomic mass is 9.77. The average molecular weight is 269 g/mol. The number of aliphatic carboxylic acids is 1. The van der Waals surface area contributed by atoms with Crippen molar-refractivity contribution in [2.75, 3.05) is 0 Å². The summed E-state index contributed by atoms with van der Waals surface area (Å²) < 4.78 is 38.2. The lowest BCUT2D eigenvalue weighted by molar-refractivity contribution is -0.155. The highest BCUT2D eigenvalue weighted by atomic mass is 35.5. The van der Waals surface area contributed by atoms with Crippen LogP contribution in [-0.2, 0) is 16.5 Å². The van der Waals surface area contributed by atoms with E-state index in [-0.39, 0.29) is 12.8 Å². The Labute approximate surface area is 99.0 Å². The van der Waals surface area contributed by atoms with Crippen LogP contribution in [-0.4, -0.2) is 20.9 Å². The van der Waals surface area contributed by atoms with Crippen LogP contribution in [0.15, 0.2) is 6.20 Å². The van der Waals surface area contributed by atoms with Crippen LogP contribution in [0.5, 0.6) is 0 Å². The summed E-state index contributed by atoms with van der Waals surface area (Å²) >= 11 is 5.43. The largest absolute Gasteiger partial charge is 0.479 e. The average Bonchev–Trinajstić information content (AvgIpc) is 2.43. The van der Waals surface area contributed by atoms with Crippen molar-refractivity contribution in [2.45, 2.75) is 31.0 Å². The highest BCUT2D eigenvalue weighted by Crippen LogP contribution is 2.42. The number of aromatic nitrogens is 2. The van der Waals surface area contributed by atoms with E-state index in [0.29, 0.717) is 6.42 Å². The molecule has 1 saturated carbocycles. The van der Waals surface area contributed by atoms with E-state index in [1.165, 1.54) is 0 Å². The minimum Gasteiger partial charge on any atom is -0.479 e. The highest BCUT2D eigenvalue weighted by molar-refractivity contribution is 6.31. The molecule has 0 radical (unpaired) electrons. The lowest BCUT2D eigenvalue weighted by Crippen LogP contribution is -2.48. The number of hydrogen-bond donors (Lipinski definition) is 1. The SMILES string of the molecule is O=C(O)C1(n2cc(Cl)c(C(F)(F)F)n2)CCC1. The fraction of sp³-hybridized carbons (Fsp3) is 0.556. The molecule has 0 atom stereocenters. The van der Waals surface area contributed by atoms with Crippen LogP contribution < -0.4 is 0 Å². The summed E-state index contributed by atoms with van der Waals surface area (Å²) in [5.41, 5.74) is -2.61. The van der Waals surface area contributed by atoms with E-state index >= 15 is 0 Å². The predicted molar refractivity (Wildman–Crippen MR) is 51.7 cm³/mol. The number of nitrogens with zero attached hydrogens (tertiary/aromatic N) is 2. The molecule has 1 aliphatic rings. The highest BCUT2D eigenvalue weighted by Gasteiger charge is 2.49. The number of carbonyl (C=O) groups is 1. The molecular formula is C9H8ClF3N2O2. The van der Waals surface area contributed by atoms with Crippen LogP contribution in [0.1, 0.15) is 25.0 Å². The maximum absolute atomic E-state index is 12.5. The fourth-order valence-corrected chi connectivity index (χ4v) is 2.05. The molecule has 94 valence electrons. The molecule has 0 unspecified atom stereocenters. The Morgan fingerprint density at radius 2 is 2.12 bits per heavy atom. The molecular weight excluding hydrogens is 261 g/mol. The third-order valence-corrected chi connectivity index (χ3v) is 3.23. The standard InChI is InChI=1S/C9H8ClF3N2O2/c10-5-4-15(14-6(5)9(11,12)13)8(7(16)17)2-1-3-8/h4H,1-3H2,(H,16,17). The van der Waals surface area contributed by atoms with Crippen molar-refractivity contribution in [3.05, 3.63) is 16.9 Å². The fourth-order valence-electron chi connectivity index (χ4n) is 1.82. The van der Waals surface area contributed by atoms with Gasteiger partial charge in [-0.15, -0.1) is 0 Å². The molecule has 4 nitrogen and oxygen atoms in total. The zero-order valence-corrected chi connectivity index (χ0v) is 9.22. The second-order valence-corrected chi connectivity index (χ2v) is 4.37. The lowest BCUT2D eigenvalue weighted by Gasteiger charge is -2.37. The van der Waals surface area contributed by atoms with E-state index in [9.17, 15) is 18.0 Å². The molecule has 2 rings (SSSR count). The van der Waals surface area contributed by atoms with Crippen molar-refractivity contribution in [3.8, 4) is 0 Å². The van der Waals surface area contributed by atoms with Crippen LogP contribution in [0.3, 0.4) is 0 Å². The van der Waals surface area contributed by atoms with Crippen molar-refractivity contribution in [3.63, 3.8) is 0 Å². The number of rotatable bonds is 2. The first-order valence-corrected chi connectivity index (χ1v) is 5.21. The summed E-state index contributed by atoms with van der Waals surface area (Å²) in [5, 5.41) is 11.8. The van der Waals surface area contributed by atoms with Crippen molar-refractivity contribution >= 4 is 17.6 Å². The van der Waals surface area contributed by atoms with Gasteiger partial charge in [-0.2, -0.15) is 18.3 Å². The van der Waals surface area contributed by atoms with Gasteiger partial charge < -0.3 is 5.11 Å². The molecule has 0 aromatic carbocycles. The van der Waals surface area contributed by atoms with Gasteiger partial charge in [-0.25, -0.2) is 4.79 Å². The van der Waals surface area contributed by atoms with E-state index in [0.717, 1.165) is 10.9 Å². The Balaban J connectivity index is 2.45. The van der Waals surface area contributed by atoms with E-state index in [1.54, 1.807) is 0 Å². The Kier molecular flexibility index (Phi) is 2.61. The van der Waals surface area contributed by atoms with Gasteiger partial charge in [0.25, 0.3) is 0 Å². The first-order chi connectivity index (χ1) is 7.77. The van der Waals surface area contributed by atoms with Crippen molar-refractivity contribution in [2.24, 2.45) is 0 Å². The van der Waals surface area contributed by atoms with E-state index in [1.807, 2.05) is 0 Å². The van der Waals surface area contributed by atoms with E-state index in [2.05, 4.69) is 5.10 Å². The molecule has 0 bridgehead atoms. The van der Waals surface area contributed by atoms with E-state index < -0.39 is 28.4 Å². The molecule has 1 aromatic rings. The first kappa shape index (κ1) is 12.2. The van der Waals surface area contributed by atoms with Crippen LogP contribution in [0, 0.1) is 0 Å². The third-order valence-electron chi connectivity index (χ3n) is 2.96. The van der Waals surface area contributed by atoms with Crippen molar-refractivity contribution in [1.82, 2.24) is 9.78 Å². The van der Waals surface area contributed by atoms with E-state index in [4.69, 9.17) is 16.7 Å². The topological polar surface area (TPSA) is 55.1 Å². The monoisotopic (exact) mass is 268 g/mol. The quantitative estimate of drug-likeness (QED) is 0.897. The summed E-state index contributed by atoms with van der Waals surface area (Å²) in [6, 6.07) is 0. The Bertz CT molecular complexity index is 465. The number of halogens is 4. The number of carboxylic acid groups (broad SMARTS) is 1. The van der Waals surface area contributed by atoms with Gasteiger partial charge in [0.2, 0.25) is 0 Å². The van der Waals surface area contributed by atoms with Crippen LogP contribution in [0.2, 0.25) is 5.02 Å². The minimum atomic E-state index is -4.67. The van der Waals surface area contributed by atoms with Gasteiger partial charge in [0, 0.05) is 6.20 Å². The molecule has 1 fully saturated rings.